The lowest BCUT2D eigenvalue weighted by molar-refractivity contribution is 0.200. The maximum Gasteiger partial charge on any atom is 0.188 e. The molecule has 0 aromatic carbocycles. The maximum atomic E-state index is 8.69. The van der Waals surface area contributed by atoms with Gasteiger partial charge in [-0.15, -0.1) is 0 Å². The topological polar surface area (TPSA) is 74.7 Å². The summed E-state index contributed by atoms with van der Waals surface area (Å²) in [7, 11) is 0. The first-order valence-corrected chi connectivity index (χ1v) is 6.91. The molecule has 0 bridgehead atoms. The van der Waals surface area contributed by atoms with Crippen LogP contribution in [-0.4, -0.2) is 33.5 Å². The molecule has 1 aromatic heterocycles. The van der Waals surface area contributed by atoms with Gasteiger partial charge in [-0.3, -0.25) is 9.88 Å². The summed E-state index contributed by atoms with van der Waals surface area (Å²) < 4.78 is 0. The number of nitrogens with zero attached hydrogens (tertiary/aromatic N) is 3. The van der Waals surface area contributed by atoms with Gasteiger partial charge in [0.1, 0.15) is 5.69 Å². The number of hydrogen-bond donors (Lipinski definition) is 2. The van der Waals surface area contributed by atoms with Gasteiger partial charge < -0.3 is 10.9 Å². The molecule has 1 heterocycles. The highest BCUT2D eigenvalue weighted by Gasteiger charge is 2.21. The molecule has 0 atom stereocenters. The number of aromatic nitrogens is 1. The molecule has 5 nitrogen and oxygen atoms in total. The van der Waals surface area contributed by atoms with Gasteiger partial charge in [-0.05, 0) is 37.1 Å². The fourth-order valence-corrected chi connectivity index (χ4v) is 2.77. The van der Waals surface area contributed by atoms with Gasteiger partial charge in [-0.2, -0.15) is 0 Å². The van der Waals surface area contributed by atoms with Crippen LogP contribution in [-0.2, 0) is 6.54 Å². The van der Waals surface area contributed by atoms with Crippen LogP contribution in [0.3, 0.4) is 0 Å². The minimum absolute atomic E-state index is 0.0609. The Labute approximate surface area is 114 Å². The second kappa shape index (κ2) is 6.52. The summed E-state index contributed by atoms with van der Waals surface area (Å²) in [4.78, 5) is 6.60. The van der Waals surface area contributed by atoms with E-state index in [1.807, 2.05) is 12.1 Å². The van der Waals surface area contributed by atoms with Crippen LogP contribution in [0.5, 0.6) is 0 Å². The average molecular weight is 262 g/mol. The normalized spacial score (nSPS) is 17.3. The minimum atomic E-state index is 0.0609. The average Bonchev–Trinajstić information content (AvgIpc) is 2.98. The molecule has 104 valence electrons. The molecule has 2 rings (SSSR count). The van der Waals surface area contributed by atoms with Crippen molar-refractivity contribution in [3.8, 4) is 0 Å². The van der Waals surface area contributed by atoms with E-state index in [1.54, 1.807) is 6.20 Å². The molecule has 19 heavy (non-hydrogen) atoms. The molecule has 0 spiro atoms. The van der Waals surface area contributed by atoms with Crippen LogP contribution in [0.1, 0.15) is 43.9 Å². The Bertz CT molecular complexity index is 441. The van der Waals surface area contributed by atoms with Gasteiger partial charge in [0.15, 0.2) is 5.84 Å². The van der Waals surface area contributed by atoms with Crippen LogP contribution >= 0.6 is 0 Å². The second-order valence-electron chi connectivity index (χ2n) is 5.04. The highest BCUT2D eigenvalue weighted by molar-refractivity contribution is 5.95. The Morgan fingerprint density at radius 2 is 2.26 bits per heavy atom. The van der Waals surface area contributed by atoms with E-state index in [1.165, 1.54) is 25.7 Å². The molecule has 1 aliphatic rings. The number of pyridine rings is 1. The lowest BCUT2D eigenvalue weighted by Crippen LogP contribution is -2.32. The fraction of sp³-hybridized carbons (Fsp3) is 0.571. The van der Waals surface area contributed by atoms with E-state index in [0.29, 0.717) is 11.7 Å². The van der Waals surface area contributed by atoms with Gasteiger partial charge in [0, 0.05) is 18.8 Å². The van der Waals surface area contributed by atoms with Gasteiger partial charge in [-0.1, -0.05) is 24.9 Å². The zero-order valence-corrected chi connectivity index (χ0v) is 11.4. The van der Waals surface area contributed by atoms with Crippen molar-refractivity contribution >= 4 is 5.84 Å². The lowest BCUT2D eigenvalue weighted by Gasteiger charge is -2.27. The van der Waals surface area contributed by atoms with Crippen LogP contribution in [0.2, 0.25) is 0 Å². The van der Waals surface area contributed by atoms with Crippen LogP contribution in [0.25, 0.3) is 0 Å². The molecule has 1 fully saturated rings. The number of rotatable bonds is 5. The van der Waals surface area contributed by atoms with Gasteiger partial charge in [0.05, 0.1) is 0 Å². The molecular weight excluding hydrogens is 240 g/mol. The first kappa shape index (κ1) is 13.8. The standard InChI is InChI=1S/C14H22N4O/c1-2-18(12-5-3-4-6-12)10-11-7-8-16-13(9-11)14(15)17-19/h7-9,12,19H,2-6,10H2,1H3,(H2,15,17). The predicted octanol–water partition coefficient (Wildman–Crippen LogP) is 1.94. The van der Waals surface area contributed by atoms with Gasteiger partial charge in [0.2, 0.25) is 0 Å². The number of hydrogen-bond acceptors (Lipinski definition) is 4. The van der Waals surface area contributed by atoms with E-state index >= 15 is 0 Å². The maximum absolute atomic E-state index is 8.69. The monoisotopic (exact) mass is 262 g/mol. The Morgan fingerprint density at radius 3 is 2.89 bits per heavy atom. The molecule has 3 N–H and O–H groups in total. The zero-order valence-electron chi connectivity index (χ0n) is 11.4. The highest BCUT2D eigenvalue weighted by atomic mass is 16.4. The molecule has 1 saturated carbocycles. The van der Waals surface area contributed by atoms with Crippen molar-refractivity contribution in [3.05, 3.63) is 29.6 Å². The third-order valence-corrected chi connectivity index (χ3v) is 3.83. The SMILES string of the molecule is CCN(Cc1ccnc(C(N)=NO)c1)C1CCCC1. The predicted molar refractivity (Wildman–Crippen MR) is 75.1 cm³/mol. The third-order valence-electron chi connectivity index (χ3n) is 3.83. The number of nitrogens with two attached hydrogens (primary N) is 1. The Balaban J connectivity index is 2.08. The summed E-state index contributed by atoms with van der Waals surface area (Å²) >= 11 is 0. The first-order chi connectivity index (χ1) is 9.24. The van der Waals surface area contributed by atoms with Crippen LogP contribution in [0.4, 0.5) is 0 Å². The summed E-state index contributed by atoms with van der Waals surface area (Å²) in [5.41, 5.74) is 7.26. The minimum Gasteiger partial charge on any atom is -0.409 e. The van der Waals surface area contributed by atoms with E-state index in [0.717, 1.165) is 18.7 Å². The molecule has 0 aliphatic heterocycles. The molecule has 0 radical (unpaired) electrons. The molecule has 1 aromatic rings. The molecule has 0 saturated heterocycles. The van der Waals surface area contributed by atoms with Crippen molar-refractivity contribution < 1.29 is 5.21 Å². The summed E-state index contributed by atoms with van der Waals surface area (Å²) in [5.74, 6) is 0.0609. The lowest BCUT2D eigenvalue weighted by atomic mass is 10.1. The Kier molecular flexibility index (Phi) is 4.74. The summed E-state index contributed by atoms with van der Waals surface area (Å²) in [6, 6.07) is 4.59. The fourth-order valence-electron chi connectivity index (χ4n) is 2.77. The van der Waals surface area contributed by atoms with Crippen molar-refractivity contribution in [2.45, 2.75) is 45.2 Å². The van der Waals surface area contributed by atoms with E-state index in [9.17, 15) is 0 Å². The van der Waals surface area contributed by atoms with Crippen LogP contribution in [0.15, 0.2) is 23.5 Å². The van der Waals surface area contributed by atoms with Gasteiger partial charge in [-0.25, -0.2) is 0 Å². The van der Waals surface area contributed by atoms with Crippen molar-refractivity contribution in [3.63, 3.8) is 0 Å². The molecule has 0 unspecified atom stereocenters. The zero-order chi connectivity index (χ0) is 13.7. The van der Waals surface area contributed by atoms with E-state index in [4.69, 9.17) is 10.9 Å². The Hall–Kier alpha value is -1.62. The van der Waals surface area contributed by atoms with Crippen molar-refractivity contribution in [1.82, 2.24) is 9.88 Å². The smallest absolute Gasteiger partial charge is 0.188 e. The van der Waals surface area contributed by atoms with Gasteiger partial charge in [0.25, 0.3) is 0 Å². The quantitative estimate of drug-likeness (QED) is 0.368. The molecule has 0 amide bonds. The largest absolute Gasteiger partial charge is 0.409 e. The van der Waals surface area contributed by atoms with Crippen molar-refractivity contribution in [1.29, 1.82) is 0 Å². The summed E-state index contributed by atoms with van der Waals surface area (Å²) in [5, 5.41) is 11.7. The van der Waals surface area contributed by atoms with E-state index < -0.39 is 0 Å². The third kappa shape index (κ3) is 3.44. The molecule has 5 heteroatoms. The summed E-state index contributed by atoms with van der Waals surface area (Å²) in [6.07, 6.45) is 6.99. The highest BCUT2D eigenvalue weighted by Crippen LogP contribution is 2.24. The first-order valence-electron chi connectivity index (χ1n) is 6.91. The van der Waals surface area contributed by atoms with E-state index in [2.05, 4.69) is 22.0 Å². The second-order valence-corrected chi connectivity index (χ2v) is 5.04. The van der Waals surface area contributed by atoms with Crippen molar-refractivity contribution in [2.24, 2.45) is 10.9 Å². The number of amidine groups is 1. The van der Waals surface area contributed by atoms with Crippen LogP contribution in [0, 0.1) is 0 Å². The molecule has 1 aliphatic carbocycles. The van der Waals surface area contributed by atoms with Gasteiger partial charge >= 0.3 is 0 Å². The summed E-state index contributed by atoms with van der Waals surface area (Å²) in [6.45, 7) is 4.14. The Morgan fingerprint density at radius 1 is 1.53 bits per heavy atom. The van der Waals surface area contributed by atoms with Crippen molar-refractivity contribution in [2.75, 3.05) is 6.54 Å². The molecular formula is C14H22N4O. The number of oxime groups is 1. The van der Waals surface area contributed by atoms with Crippen LogP contribution < -0.4 is 5.73 Å². The van der Waals surface area contributed by atoms with E-state index in [-0.39, 0.29) is 5.84 Å².